The minimum absolute atomic E-state index is 0.112. The van der Waals surface area contributed by atoms with Crippen molar-refractivity contribution in [2.24, 2.45) is 0 Å². The number of anilines is 2. The van der Waals surface area contributed by atoms with Crippen LogP contribution in [0.1, 0.15) is 42.7 Å². The van der Waals surface area contributed by atoms with Crippen LogP contribution >= 0.6 is 0 Å². The molecule has 6 nitrogen and oxygen atoms in total. The fourth-order valence-corrected chi connectivity index (χ4v) is 3.29. The Bertz CT molecular complexity index is 809. The molecule has 2 aromatic rings. The van der Waals surface area contributed by atoms with Crippen molar-refractivity contribution in [3.8, 4) is 0 Å². The zero-order valence-corrected chi connectivity index (χ0v) is 16.1. The lowest BCUT2D eigenvalue weighted by molar-refractivity contribution is -0.129. The molecule has 142 valence electrons. The number of piperazine rings is 1. The third-order valence-electron chi connectivity index (χ3n) is 4.90. The number of aromatic nitrogens is 1. The summed E-state index contributed by atoms with van der Waals surface area (Å²) in [5.74, 6) is 0.225. The number of benzene rings is 1. The lowest BCUT2D eigenvalue weighted by Crippen LogP contribution is -2.48. The molecule has 1 aromatic carbocycles. The van der Waals surface area contributed by atoms with Crippen LogP contribution in [0.4, 0.5) is 11.4 Å². The van der Waals surface area contributed by atoms with Crippen LogP contribution in [0.25, 0.3) is 0 Å². The number of rotatable bonds is 4. The van der Waals surface area contributed by atoms with Gasteiger partial charge < -0.3 is 15.1 Å². The largest absolute Gasteiger partial charge is 0.367 e. The van der Waals surface area contributed by atoms with Gasteiger partial charge in [-0.1, -0.05) is 32.0 Å². The molecular weight excluding hydrogens is 340 g/mol. The molecule has 0 unspecified atom stereocenters. The molecular formula is C21H26N4O2. The van der Waals surface area contributed by atoms with Crippen molar-refractivity contribution < 1.29 is 9.59 Å². The van der Waals surface area contributed by atoms with Gasteiger partial charge in [-0.3, -0.25) is 9.59 Å². The van der Waals surface area contributed by atoms with Gasteiger partial charge in [-0.15, -0.1) is 0 Å². The first-order valence-corrected chi connectivity index (χ1v) is 9.32. The van der Waals surface area contributed by atoms with E-state index in [1.165, 1.54) is 0 Å². The predicted octanol–water partition coefficient (Wildman–Crippen LogP) is 3.13. The number of carbonyl (C=O) groups excluding carboxylic acids is 2. The molecule has 6 heteroatoms. The van der Waals surface area contributed by atoms with Gasteiger partial charge in [-0.05, 0) is 29.7 Å². The second-order valence-electron chi connectivity index (χ2n) is 7.09. The van der Waals surface area contributed by atoms with Crippen LogP contribution in [0.3, 0.4) is 0 Å². The van der Waals surface area contributed by atoms with Gasteiger partial charge in [0.25, 0.3) is 5.91 Å². The van der Waals surface area contributed by atoms with E-state index < -0.39 is 0 Å². The number of para-hydroxylation sites is 1. The van der Waals surface area contributed by atoms with E-state index in [1.54, 1.807) is 19.2 Å². The van der Waals surface area contributed by atoms with Crippen molar-refractivity contribution in [2.75, 3.05) is 36.4 Å². The maximum Gasteiger partial charge on any atom is 0.274 e. The Kier molecular flexibility index (Phi) is 5.74. The van der Waals surface area contributed by atoms with E-state index in [2.05, 4.69) is 29.0 Å². The highest BCUT2D eigenvalue weighted by Gasteiger charge is 2.19. The summed E-state index contributed by atoms with van der Waals surface area (Å²) in [6.07, 6.45) is 1.73. The lowest BCUT2D eigenvalue weighted by atomic mass is 10.0. The number of nitrogens with zero attached hydrogens (tertiary/aromatic N) is 3. The number of carbonyl (C=O) groups is 2. The molecule has 0 saturated carbocycles. The van der Waals surface area contributed by atoms with Crippen LogP contribution in [0.2, 0.25) is 0 Å². The Morgan fingerprint density at radius 2 is 1.74 bits per heavy atom. The summed E-state index contributed by atoms with van der Waals surface area (Å²) in [4.78, 5) is 32.4. The van der Waals surface area contributed by atoms with Crippen molar-refractivity contribution in [2.45, 2.75) is 26.7 Å². The summed E-state index contributed by atoms with van der Waals surface area (Å²) in [7, 11) is 0. The van der Waals surface area contributed by atoms with E-state index in [-0.39, 0.29) is 11.8 Å². The first kappa shape index (κ1) is 18.9. The van der Waals surface area contributed by atoms with Gasteiger partial charge in [0.2, 0.25) is 5.91 Å². The summed E-state index contributed by atoms with van der Waals surface area (Å²) < 4.78 is 0. The molecule has 27 heavy (non-hydrogen) atoms. The molecule has 0 atom stereocenters. The van der Waals surface area contributed by atoms with E-state index >= 15 is 0 Å². The molecule has 1 aliphatic heterocycles. The molecule has 0 radical (unpaired) electrons. The SMILES string of the molecule is CC(=O)N1CCN(c2ccc(C(=O)Nc3ccccc3C(C)C)nc2)CC1. The van der Waals surface area contributed by atoms with Crippen LogP contribution in [-0.2, 0) is 4.79 Å². The monoisotopic (exact) mass is 366 g/mol. The summed E-state index contributed by atoms with van der Waals surface area (Å²) >= 11 is 0. The van der Waals surface area contributed by atoms with Gasteiger partial charge in [-0.2, -0.15) is 0 Å². The number of hydrogen-bond donors (Lipinski definition) is 1. The van der Waals surface area contributed by atoms with Crippen LogP contribution in [0.15, 0.2) is 42.6 Å². The standard InChI is InChI=1S/C21H26N4O2/c1-15(2)18-6-4-5-7-19(18)23-21(27)20-9-8-17(14-22-20)25-12-10-24(11-13-25)16(3)26/h4-9,14-15H,10-13H2,1-3H3,(H,23,27). The molecule has 1 N–H and O–H groups in total. The Morgan fingerprint density at radius 1 is 1.04 bits per heavy atom. The third kappa shape index (κ3) is 4.45. The van der Waals surface area contributed by atoms with Gasteiger partial charge in [-0.25, -0.2) is 4.98 Å². The molecule has 0 aliphatic carbocycles. The highest BCUT2D eigenvalue weighted by atomic mass is 16.2. The first-order chi connectivity index (χ1) is 13.0. The molecule has 2 heterocycles. The molecule has 1 fully saturated rings. The van der Waals surface area contributed by atoms with E-state index in [9.17, 15) is 9.59 Å². The van der Waals surface area contributed by atoms with Gasteiger partial charge >= 0.3 is 0 Å². The fraction of sp³-hybridized carbons (Fsp3) is 0.381. The Hall–Kier alpha value is -2.89. The summed E-state index contributed by atoms with van der Waals surface area (Å²) in [6.45, 7) is 8.77. The second kappa shape index (κ2) is 8.20. The summed E-state index contributed by atoms with van der Waals surface area (Å²) in [5, 5.41) is 2.97. The quantitative estimate of drug-likeness (QED) is 0.903. The molecule has 0 bridgehead atoms. The Balaban J connectivity index is 1.65. The fourth-order valence-electron chi connectivity index (χ4n) is 3.29. The number of hydrogen-bond acceptors (Lipinski definition) is 4. The maximum atomic E-state index is 12.6. The average Bonchev–Trinajstić information content (AvgIpc) is 2.68. The van der Waals surface area contributed by atoms with E-state index in [4.69, 9.17) is 0 Å². The van der Waals surface area contributed by atoms with Crippen LogP contribution in [0, 0.1) is 0 Å². The number of amides is 2. The second-order valence-corrected chi connectivity index (χ2v) is 7.09. The highest BCUT2D eigenvalue weighted by Crippen LogP contribution is 2.24. The van der Waals surface area contributed by atoms with Gasteiger partial charge in [0.05, 0.1) is 11.9 Å². The van der Waals surface area contributed by atoms with Crippen molar-refractivity contribution in [3.63, 3.8) is 0 Å². The topological polar surface area (TPSA) is 65.5 Å². The van der Waals surface area contributed by atoms with Crippen LogP contribution in [0.5, 0.6) is 0 Å². The zero-order valence-electron chi connectivity index (χ0n) is 16.1. The Morgan fingerprint density at radius 3 is 2.33 bits per heavy atom. The maximum absolute atomic E-state index is 12.6. The first-order valence-electron chi connectivity index (χ1n) is 9.32. The van der Waals surface area contributed by atoms with Crippen molar-refractivity contribution in [3.05, 3.63) is 53.9 Å². The number of pyridine rings is 1. The van der Waals surface area contributed by atoms with E-state index in [0.717, 1.165) is 30.0 Å². The normalized spacial score (nSPS) is 14.4. The average molecular weight is 366 g/mol. The van der Waals surface area contributed by atoms with Crippen LogP contribution < -0.4 is 10.2 Å². The van der Waals surface area contributed by atoms with Gasteiger partial charge in [0.1, 0.15) is 5.69 Å². The summed E-state index contributed by atoms with van der Waals surface area (Å²) in [5.41, 5.74) is 3.28. The molecule has 1 saturated heterocycles. The molecule has 1 aliphatic rings. The third-order valence-corrected chi connectivity index (χ3v) is 4.90. The molecule has 3 rings (SSSR count). The van der Waals surface area contributed by atoms with Crippen molar-refractivity contribution in [1.82, 2.24) is 9.88 Å². The van der Waals surface area contributed by atoms with E-state index in [0.29, 0.717) is 24.7 Å². The van der Waals surface area contributed by atoms with Gasteiger partial charge in [0, 0.05) is 38.8 Å². The zero-order chi connectivity index (χ0) is 19.4. The van der Waals surface area contributed by atoms with Crippen molar-refractivity contribution in [1.29, 1.82) is 0 Å². The van der Waals surface area contributed by atoms with Gasteiger partial charge in [0.15, 0.2) is 0 Å². The van der Waals surface area contributed by atoms with E-state index in [1.807, 2.05) is 35.2 Å². The highest BCUT2D eigenvalue weighted by molar-refractivity contribution is 6.03. The summed E-state index contributed by atoms with van der Waals surface area (Å²) in [6, 6.07) is 11.5. The smallest absolute Gasteiger partial charge is 0.274 e. The molecule has 2 amide bonds. The predicted molar refractivity (Wildman–Crippen MR) is 107 cm³/mol. The van der Waals surface area contributed by atoms with Crippen LogP contribution in [-0.4, -0.2) is 47.9 Å². The molecule has 1 aromatic heterocycles. The minimum atomic E-state index is -0.212. The van der Waals surface area contributed by atoms with Crippen molar-refractivity contribution >= 4 is 23.2 Å². The molecule has 0 spiro atoms. The Labute approximate surface area is 160 Å². The minimum Gasteiger partial charge on any atom is -0.367 e. The lowest BCUT2D eigenvalue weighted by Gasteiger charge is -2.35. The number of nitrogens with one attached hydrogen (secondary N) is 1.